The number of nitrogens with zero attached hydrogens (tertiary/aromatic N) is 2. The number of hydrogen-bond acceptors (Lipinski definition) is 5. The Labute approximate surface area is 127 Å². The first kappa shape index (κ1) is 15.3. The third-order valence-corrected chi connectivity index (χ3v) is 3.63. The van der Waals surface area contributed by atoms with Crippen LogP contribution < -0.4 is 5.32 Å². The second-order valence-electron chi connectivity index (χ2n) is 4.57. The van der Waals surface area contributed by atoms with Crippen LogP contribution in [0.4, 0.5) is 5.69 Å². The Morgan fingerprint density at radius 1 is 1.43 bits per heavy atom. The molecule has 0 unspecified atom stereocenters. The number of nitrogens with one attached hydrogen (secondary N) is 1. The van der Waals surface area contributed by atoms with E-state index in [1.54, 1.807) is 13.0 Å². The normalized spacial score (nSPS) is 14.6. The van der Waals surface area contributed by atoms with Gasteiger partial charge in [0.2, 0.25) is 0 Å². The molecule has 0 aliphatic carbocycles. The summed E-state index contributed by atoms with van der Waals surface area (Å²) in [4.78, 5) is 24.4. The van der Waals surface area contributed by atoms with E-state index in [-0.39, 0.29) is 11.3 Å². The second-order valence-corrected chi connectivity index (χ2v) is 4.95. The molecule has 0 atom stereocenters. The van der Waals surface area contributed by atoms with Crippen LogP contribution in [0.1, 0.15) is 15.9 Å². The van der Waals surface area contributed by atoms with Crippen LogP contribution in [0.25, 0.3) is 0 Å². The Morgan fingerprint density at radius 2 is 2.10 bits per heavy atom. The first-order valence-corrected chi connectivity index (χ1v) is 6.83. The monoisotopic (exact) mass is 309 g/mol. The third kappa shape index (κ3) is 3.53. The van der Waals surface area contributed by atoms with Crippen LogP contribution in [0.2, 0.25) is 0 Å². The van der Waals surface area contributed by atoms with Crippen molar-refractivity contribution in [2.75, 3.05) is 26.3 Å². The topological polar surface area (TPSA) is 84.7 Å². The van der Waals surface area contributed by atoms with Crippen molar-refractivity contribution in [3.63, 3.8) is 0 Å². The first-order chi connectivity index (χ1) is 10.0. The quantitative estimate of drug-likeness (QED) is 0.503. The standard InChI is InChI=1S/C13H15N3O4S/c1-9-10(3-2-4-11(9)16(18)19)12(17)14-13(21)15-5-7-20-8-6-15/h2-4H,5-8H2,1H3,(H,14,17,21). The number of thiocarbonyl (C=S) groups is 1. The lowest BCUT2D eigenvalue weighted by Gasteiger charge is -2.29. The van der Waals surface area contributed by atoms with Crippen molar-refractivity contribution in [2.24, 2.45) is 0 Å². The number of carbonyl (C=O) groups is 1. The van der Waals surface area contributed by atoms with Gasteiger partial charge in [0.15, 0.2) is 5.11 Å². The molecule has 8 heteroatoms. The summed E-state index contributed by atoms with van der Waals surface area (Å²) in [6, 6.07) is 4.39. The fourth-order valence-corrected chi connectivity index (χ4v) is 2.35. The van der Waals surface area contributed by atoms with Gasteiger partial charge in [-0.2, -0.15) is 0 Å². The highest BCUT2D eigenvalue weighted by Gasteiger charge is 2.20. The molecule has 2 rings (SSSR count). The summed E-state index contributed by atoms with van der Waals surface area (Å²) in [5, 5.41) is 13.8. The lowest BCUT2D eigenvalue weighted by molar-refractivity contribution is -0.385. The maximum absolute atomic E-state index is 12.2. The molecule has 1 fully saturated rings. The van der Waals surface area contributed by atoms with Crippen LogP contribution in [0.15, 0.2) is 18.2 Å². The summed E-state index contributed by atoms with van der Waals surface area (Å²) in [7, 11) is 0. The molecular weight excluding hydrogens is 294 g/mol. The Bertz CT molecular complexity index is 585. The van der Waals surface area contributed by atoms with Gasteiger partial charge >= 0.3 is 0 Å². The lowest BCUT2D eigenvalue weighted by Crippen LogP contribution is -2.47. The van der Waals surface area contributed by atoms with E-state index in [2.05, 4.69) is 5.32 Å². The number of morpholine rings is 1. The highest BCUT2D eigenvalue weighted by atomic mass is 32.1. The summed E-state index contributed by atoms with van der Waals surface area (Å²) < 4.78 is 5.21. The van der Waals surface area contributed by atoms with Gasteiger partial charge in [0.05, 0.1) is 18.1 Å². The molecule has 1 amide bonds. The lowest BCUT2D eigenvalue weighted by atomic mass is 10.1. The second kappa shape index (κ2) is 6.59. The number of rotatable bonds is 2. The maximum atomic E-state index is 12.2. The van der Waals surface area contributed by atoms with E-state index in [1.165, 1.54) is 12.1 Å². The Morgan fingerprint density at radius 3 is 2.71 bits per heavy atom. The maximum Gasteiger partial charge on any atom is 0.273 e. The molecule has 1 aromatic rings. The molecule has 1 saturated heterocycles. The highest BCUT2D eigenvalue weighted by Crippen LogP contribution is 2.20. The van der Waals surface area contributed by atoms with E-state index in [4.69, 9.17) is 17.0 Å². The first-order valence-electron chi connectivity index (χ1n) is 6.42. The number of nitro benzene ring substituents is 1. The summed E-state index contributed by atoms with van der Waals surface area (Å²) in [5.74, 6) is -0.437. The average molecular weight is 309 g/mol. The van der Waals surface area contributed by atoms with E-state index in [1.807, 2.05) is 4.90 Å². The molecule has 1 N–H and O–H groups in total. The van der Waals surface area contributed by atoms with Crippen LogP contribution in [0.3, 0.4) is 0 Å². The van der Waals surface area contributed by atoms with Crippen LogP contribution in [-0.2, 0) is 4.74 Å². The highest BCUT2D eigenvalue weighted by molar-refractivity contribution is 7.80. The molecule has 0 radical (unpaired) electrons. The molecule has 1 aromatic carbocycles. The number of benzene rings is 1. The summed E-state index contributed by atoms with van der Waals surface area (Å²) >= 11 is 5.18. The molecule has 1 heterocycles. The van der Waals surface area contributed by atoms with Crippen molar-refractivity contribution in [3.05, 3.63) is 39.4 Å². The summed E-state index contributed by atoms with van der Waals surface area (Å²) in [6.07, 6.45) is 0. The zero-order valence-electron chi connectivity index (χ0n) is 11.5. The van der Waals surface area contributed by atoms with Crippen LogP contribution in [-0.4, -0.2) is 47.1 Å². The third-order valence-electron chi connectivity index (χ3n) is 3.27. The SMILES string of the molecule is Cc1c(C(=O)NC(=S)N2CCOCC2)cccc1[N+](=O)[O-]. The predicted molar refractivity (Wildman–Crippen MR) is 80.3 cm³/mol. The fourth-order valence-electron chi connectivity index (χ4n) is 2.08. The van der Waals surface area contributed by atoms with Crippen LogP contribution in [0, 0.1) is 17.0 Å². The number of hydrogen-bond donors (Lipinski definition) is 1. The van der Waals surface area contributed by atoms with Gasteiger partial charge in [0, 0.05) is 30.3 Å². The molecule has 0 aromatic heterocycles. The zero-order chi connectivity index (χ0) is 15.4. The summed E-state index contributed by atoms with van der Waals surface area (Å²) in [5.41, 5.74) is 0.490. The number of nitro groups is 1. The molecule has 1 aliphatic heterocycles. The predicted octanol–water partition coefficient (Wildman–Crippen LogP) is 1.25. The van der Waals surface area contributed by atoms with Gasteiger partial charge in [-0.1, -0.05) is 6.07 Å². The van der Waals surface area contributed by atoms with E-state index in [0.717, 1.165) is 0 Å². The number of ether oxygens (including phenoxy) is 1. The molecule has 0 spiro atoms. The van der Waals surface area contributed by atoms with Crippen molar-refractivity contribution in [2.45, 2.75) is 6.92 Å². The Kier molecular flexibility index (Phi) is 4.81. The minimum atomic E-state index is -0.508. The van der Waals surface area contributed by atoms with Gasteiger partial charge in [-0.15, -0.1) is 0 Å². The van der Waals surface area contributed by atoms with Gasteiger partial charge in [-0.05, 0) is 25.2 Å². The fraction of sp³-hybridized carbons (Fsp3) is 0.385. The van der Waals surface area contributed by atoms with Gasteiger partial charge in [-0.25, -0.2) is 0 Å². The summed E-state index contributed by atoms with van der Waals surface area (Å²) in [6.45, 7) is 3.91. The van der Waals surface area contributed by atoms with Crippen molar-refractivity contribution >= 4 is 28.9 Å². The minimum absolute atomic E-state index is 0.0834. The van der Waals surface area contributed by atoms with Gasteiger partial charge in [-0.3, -0.25) is 20.2 Å². The number of carbonyl (C=O) groups excluding carboxylic acids is 1. The van der Waals surface area contributed by atoms with E-state index in [0.29, 0.717) is 37.0 Å². The van der Waals surface area contributed by atoms with Crippen LogP contribution in [0.5, 0.6) is 0 Å². The van der Waals surface area contributed by atoms with Gasteiger partial charge < -0.3 is 9.64 Å². The molecule has 7 nitrogen and oxygen atoms in total. The Hall–Kier alpha value is -2.06. The largest absolute Gasteiger partial charge is 0.378 e. The van der Waals surface area contributed by atoms with Crippen LogP contribution >= 0.6 is 12.2 Å². The van der Waals surface area contributed by atoms with E-state index in [9.17, 15) is 14.9 Å². The molecule has 21 heavy (non-hydrogen) atoms. The molecule has 112 valence electrons. The number of amides is 1. The molecule has 0 saturated carbocycles. The van der Waals surface area contributed by atoms with Crippen molar-refractivity contribution < 1.29 is 14.5 Å². The minimum Gasteiger partial charge on any atom is -0.378 e. The van der Waals surface area contributed by atoms with E-state index < -0.39 is 10.8 Å². The zero-order valence-corrected chi connectivity index (χ0v) is 12.3. The molecular formula is C13H15N3O4S. The smallest absolute Gasteiger partial charge is 0.273 e. The van der Waals surface area contributed by atoms with Crippen molar-refractivity contribution in [3.8, 4) is 0 Å². The molecule has 1 aliphatic rings. The van der Waals surface area contributed by atoms with E-state index >= 15 is 0 Å². The van der Waals surface area contributed by atoms with Crippen molar-refractivity contribution in [1.29, 1.82) is 0 Å². The van der Waals surface area contributed by atoms with Gasteiger partial charge in [0.25, 0.3) is 11.6 Å². The van der Waals surface area contributed by atoms with Crippen molar-refractivity contribution in [1.82, 2.24) is 10.2 Å². The average Bonchev–Trinajstić information content (AvgIpc) is 2.47. The van der Waals surface area contributed by atoms with Gasteiger partial charge in [0.1, 0.15) is 0 Å². The Balaban J connectivity index is 2.11. The molecule has 0 bridgehead atoms.